The van der Waals surface area contributed by atoms with Gasteiger partial charge in [-0.15, -0.1) is 0 Å². The third-order valence-corrected chi connectivity index (χ3v) is 4.24. The van der Waals surface area contributed by atoms with Crippen LogP contribution in [0.3, 0.4) is 0 Å². The highest BCUT2D eigenvalue weighted by Gasteiger charge is 2.20. The number of carbonyl (C=O) groups is 1. The number of anilines is 2. The predicted molar refractivity (Wildman–Crippen MR) is 93.2 cm³/mol. The lowest BCUT2D eigenvalue weighted by Gasteiger charge is -2.16. The van der Waals surface area contributed by atoms with Crippen LogP contribution in [-0.2, 0) is 0 Å². The Morgan fingerprint density at radius 2 is 1.87 bits per heavy atom. The summed E-state index contributed by atoms with van der Waals surface area (Å²) >= 11 is 0. The minimum Gasteiger partial charge on any atom is -0.354 e. The molecule has 0 aliphatic carbocycles. The first kappa shape index (κ1) is 15.5. The van der Waals surface area contributed by atoms with Gasteiger partial charge in [0.25, 0.3) is 5.91 Å². The van der Waals surface area contributed by atoms with Crippen LogP contribution in [-0.4, -0.2) is 28.9 Å². The maximum Gasteiger partial charge on any atom is 0.272 e. The van der Waals surface area contributed by atoms with Gasteiger partial charge in [0.1, 0.15) is 5.69 Å². The number of amides is 1. The molecular weight excluding hydrogens is 286 g/mol. The highest BCUT2D eigenvalue weighted by molar-refractivity contribution is 5.92. The number of hydrogen-bond acceptors (Lipinski definition) is 3. The molecule has 1 N–H and O–H groups in total. The second kappa shape index (κ2) is 6.82. The van der Waals surface area contributed by atoms with Gasteiger partial charge in [0.2, 0.25) is 0 Å². The molecule has 4 nitrogen and oxygen atoms in total. The minimum absolute atomic E-state index is 0.0385. The number of likely N-dealkylation sites (tertiary alicyclic amines) is 1. The van der Waals surface area contributed by atoms with Gasteiger partial charge in [0.05, 0.1) is 11.9 Å². The minimum atomic E-state index is 0.0385. The molecule has 0 unspecified atom stereocenters. The molecule has 0 bridgehead atoms. The van der Waals surface area contributed by atoms with Crippen LogP contribution in [0.2, 0.25) is 0 Å². The molecule has 1 fully saturated rings. The van der Waals surface area contributed by atoms with E-state index in [-0.39, 0.29) is 5.91 Å². The van der Waals surface area contributed by atoms with Crippen molar-refractivity contribution in [2.45, 2.75) is 32.6 Å². The molecule has 1 aliphatic heterocycles. The van der Waals surface area contributed by atoms with E-state index in [1.165, 1.54) is 5.56 Å². The Labute approximate surface area is 137 Å². The van der Waals surface area contributed by atoms with Crippen molar-refractivity contribution >= 4 is 17.3 Å². The first-order valence-corrected chi connectivity index (χ1v) is 8.26. The van der Waals surface area contributed by atoms with Crippen LogP contribution in [0.4, 0.5) is 11.4 Å². The van der Waals surface area contributed by atoms with Gasteiger partial charge in [-0.1, -0.05) is 32.0 Å². The van der Waals surface area contributed by atoms with Gasteiger partial charge in [-0.2, -0.15) is 0 Å². The summed E-state index contributed by atoms with van der Waals surface area (Å²) in [6.07, 6.45) is 3.93. The molecule has 1 aromatic carbocycles. The van der Waals surface area contributed by atoms with E-state index in [2.05, 4.69) is 42.3 Å². The van der Waals surface area contributed by atoms with Crippen molar-refractivity contribution in [3.05, 3.63) is 53.9 Å². The molecule has 3 rings (SSSR count). The second-order valence-electron chi connectivity index (χ2n) is 6.30. The Balaban J connectivity index is 1.74. The lowest BCUT2D eigenvalue weighted by atomic mass is 10.0. The summed E-state index contributed by atoms with van der Waals surface area (Å²) in [4.78, 5) is 18.5. The van der Waals surface area contributed by atoms with Crippen molar-refractivity contribution in [3.8, 4) is 0 Å². The van der Waals surface area contributed by atoms with Crippen molar-refractivity contribution in [1.29, 1.82) is 0 Å². The third-order valence-electron chi connectivity index (χ3n) is 4.24. The zero-order valence-electron chi connectivity index (χ0n) is 13.7. The van der Waals surface area contributed by atoms with Crippen molar-refractivity contribution in [1.82, 2.24) is 9.88 Å². The normalized spacial score (nSPS) is 14.3. The molecule has 120 valence electrons. The van der Waals surface area contributed by atoms with Crippen LogP contribution in [0.5, 0.6) is 0 Å². The molecule has 0 atom stereocenters. The highest BCUT2D eigenvalue weighted by Crippen LogP contribution is 2.26. The van der Waals surface area contributed by atoms with Crippen LogP contribution >= 0.6 is 0 Å². The van der Waals surface area contributed by atoms with Gasteiger partial charge in [-0.25, -0.2) is 4.98 Å². The quantitative estimate of drug-likeness (QED) is 0.921. The molecule has 2 heterocycles. The number of nitrogens with one attached hydrogen (secondary N) is 1. The van der Waals surface area contributed by atoms with Crippen LogP contribution in [0.15, 0.2) is 42.6 Å². The standard InChI is InChI=1S/C19H23N3O/c1-14(2)16-7-3-4-8-17(16)21-15-9-10-18(20-13-15)19(23)22-11-5-6-12-22/h3-4,7-10,13-14,21H,5-6,11-12H2,1-2H3. The fraction of sp³-hybridized carbons (Fsp3) is 0.368. The first-order chi connectivity index (χ1) is 11.1. The molecule has 1 saturated heterocycles. The van der Waals surface area contributed by atoms with E-state index in [1.807, 2.05) is 17.0 Å². The lowest BCUT2D eigenvalue weighted by molar-refractivity contribution is 0.0787. The Morgan fingerprint density at radius 1 is 1.13 bits per heavy atom. The average molecular weight is 309 g/mol. The van der Waals surface area contributed by atoms with E-state index in [0.29, 0.717) is 11.6 Å². The molecule has 0 radical (unpaired) electrons. The summed E-state index contributed by atoms with van der Waals surface area (Å²) in [7, 11) is 0. The molecular formula is C19H23N3O. The fourth-order valence-electron chi connectivity index (χ4n) is 2.95. The van der Waals surface area contributed by atoms with Gasteiger partial charge in [0.15, 0.2) is 0 Å². The number of hydrogen-bond donors (Lipinski definition) is 1. The Bertz CT molecular complexity index is 673. The van der Waals surface area contributed by atoms with Crippen LogP contribution < -0.4 is 5.32 Å². The van der Waals surface area contributed by atoms with E-state index in [0.717, 1.165) is 37.3 Å². The summed E-state index contributed by atoms with van der Waals surface area (Å²) < 4.78 is 0. The Hall–Kier alpha value is -2.36. The number of carbonyl (C=O) groups excluding carboxylic acids is 1. The molecule has 2 aromatic rings. The Morgan fingerprint density at radius 3 is 2.52 bits per heavy atom. The lowest BCUT2D eigenvalue weighted by Crippen LogP contribution is -2.28. The van der Waals surface area contributed by atoms with Crippen molar-refractivity contribution in [3.63, 3.8) is 0 Å². The van der Waals surface area contributed by atoms with Crippen LogP contribution in [0.25, 0.3) is 0 Å². The maximum atomic E-state index is 12.3. The zero-order chi connectivity index (χ0) is 16.2. The number of rotatable bonds is 4. The summed E-state index contributed by atoms with van der Waals surface area (Å²) in [5.74, 6) is 0.485. The molecule has 4 heteroatoms. The van der Waals surface area contributed by atoms with Crippen molar-refractivity contribution in [2.75, 3.05) is 18.4 Å². The first-order valence-electron chi connectivity index (χ1n) is 8.26. The number of para-hydroxylation sites is 1. The zero-order valence-corrected chi connectivity index (χ0v) is 13.7. The average Bonchev–Trinajstić information content (AvgIpc) is 3.10. The number of nitrogens with zero attached hydrogens (tertiary/aromatic N) is 2. The van der Waals surface area contributed by atoms with Crippen molar-refractivity contribution in [2.24, 2.45) is 0 Å². The van der Waals surface area contributed by atoms with Gasteiger partial charge in [0, 0.05) is 18.8 Å². The van der Waals surface area contributed by atoms with Crippen molar-refractivity contribution < 1.29 is 4.79 Å². The molecule has 0 spiro atoms. The van der Waals surface area contributed by atoms with E-state index in [1.54, 1.807) is 12.3 Å². The third kappa shape index (κ3) is 3.52. The van der Waals surface area contributed by atoms with E-state index < -0.39 is 0 Å². The molecule has 23 heavy (non-hydrogen) atoms. The fourth-order valence-corrected chi connectivity index (χ4v) is 2.95. The SMILES string of the molecule is CC(C)c1ccccc1Nc1ccc(C(=O)N2CCCC2)nc1. The van der Waals surface area contributed by atoms with Gasteiger partial charge in [-0.05, 0) is 42.5 Å². The predicted octanol–water partition coefficient (Wildman–Crippen LogP) is 4.18. The van der Waals surface area contributed by atoms with Gasteiger partial charge < -0.3 is 10.2 Å². The monoisotopic (exact) mass is 309 g/mol. The maximum absolute atomic E-state index is 12.3. The summed E-state index contributed by atoms with van der Waals surface area (Å²) in [5, 5.41) is 3.40. The number of benzene rings is 1. The van der Waals surface area contributed by atoms with Gasteiger partial charge in [-0.3, -0.25) is 4.79 Å². The summed E-state index contributed by atoms with van der Waals surface area (Å²) in [6, 6.07) is 12.0. The topological polar surface area (TPSA) is 45.2 Å². The van der Waals surface area contributed by atoms with E-state index in [4.69, 9.17) is 0 Å². The molecule has 0 saturated carbocycles. The Kier molecular flexibility index (Phi) is 4.60. The largest absolute Gasteiger partial charge is 0.354 e. The molecule has 1 aliphatic rings. The smallest absolute Gasteiger partial charge is 0.272 e. The molecule has 1 amide bonds. The van der Waals surface area contributed by atoms with Gasteiger partial charge >= 0.3 is 0 Å². The van der Waals surface area contributed by atoms with Crippen LogP contribution in [0, 0.1) is 0 Å². The number of pyridine rings is 1. The number of aromatic nitrogens is 1. The van der Waals surface area contributed by atoms with Crippen LogP contribution in [0.1, 0.15) is 48.7 Å². The molecule has 1 aromatic heterocycles. The summed E-state index contributed by atoms with van der Waals surface area (Å²) in [6.45, 7) is 6.05. The summed E-state index contributed by atoms with van der Waals surface area (Å²) in [5.41, 5.74) is 3.78. The van der Waals surface area contributed by atoms with E-state index >= 15 is 0 Å². The van der Waals surface area contributed by atoms with E-state index in [9.17, 15) is 4.79 Å². The second-order valence-corrected chi connectivity index (χ2v) is 6.30. The highest BCUT2D eigenvalue weighted by atomic mass is 16.2.